The van der Waals surface area contributed by atoms with E-state index in [0.717, 1.165) is 43.7 Å². The second kappa shape index (κ2) is 9.27. The molecule has 2 saturated heterocycles. The van der Waals surface area contributed by atoms with Gasteiger partial charge in [-0.05, 0) is 49.4 Å². The fraction of sp³-hybridized carbons (Fsp3) is 0.478. The van der Waals surface area contributed by atoms with Crippen molar-refractivity contribution in [2.75, 3.05) is 39.4 Å². The Kier molecular flexibility index (Phi) is 6.30. The molecule has 0 radical (unpaired) electrons. The molecule has 6 heteroatoms. The lowest BCUT2D eigenvalue weighted by atomic mass is 9.91. The number of morpholine rings is 1. The molecule has 4 rings (SSSR count). The maximum absolute atomic E-state index is 12.8. The van der Waals surface area contributed by atoms with Gasteiger partial charge in [0.15, 0.2) is 0 Å². The summed E-state index contributed by atoms with van der Waals surface area (Å²) in [5, 5.41) is 0. The molecule has 0 N–H and O–H groups in total. The van der Waals surface area contributed by atoms with E-state index in [2.05, 4.69) is 0 Å². The predicted octanol–water partition coefficient (Wildman–Crippen LogP) is 3.44. The van der Waals surface area contributed by atoms with Gasteiger partial charge in [0.05, 0.1) is 19.5 Å². The van der Waals surface area contributed by atoms with Crippen LogP contribution in [0.5, 0.6) is 0 Å². The van der Waals surface area contributed by atoms with Gasteiger partial charge in [-0.1, -0.05) is 12.1 Å². The molecular weight excluding hydrogens is 368 g/mol. The molecule has 1 aromatic heterocycles. The van der Waals surface area contributed by atoms with Crippen molar-refractivity contribution >= 4 is 11.8 Å². The number of carbonyl (C=O) groups excluding carboxylic acids is 2. The molecule has 2 aromatic rings. The van der Waals surface area contributed by atoms with Crippen LogP contribution in [-0.4, -0.2) is 61.0 Å². The van der Waals surface area contributed by atoms with Crippen LogP contribution in [0.25, 0.3) is 11.3 Å². The zero-order chi connectivity index (χ0) is 20.1. The van der Waals surface area contributed by atoms with Crippen molar-refractivity contribution in [2.24, 2.45) is 5.92 Å². The summed E-state index contributed by atoms with van der Waals surface area (Å²) in [6.07, 6.45) is 5.09. The first-order valence-electron chi connectivity index (χ1n) is 10.5. The van der Waals surface area contributed by atoms with Gasteiger partial charge in [-0.2, -0.15) is 0 Å². The molecule has 6 nitrogen and oxygen atoms in total. The second-order valence-corrected chi connectivity index (χ2v) is 7.82. The average Bonchev–Trinajstić information content (AvgIpc) is 3.33. The molecule has 2 fully saturated rings. The van der Waals surface area contributed by atoms with E-state index in [9.17, 15) is 9.59 Å². The lowest BCUT2D eigenvalue weighted by Gasteiger charge is -2.33. The molecule has 2 aliphatic heterocycles. The molecule has 0 aliphatic carbocycles. The van der Waals surface area contributed by atoms with Crippen LogP contribution in [0.4, 0.5) is 0 Å². The summed E-state index contributed by atoms with van der Waals surface area (Å²) < 4.78 is 10.7. The summed E-state index contributed by atoms with van der Waals surface area (Å²) in [6.45, 7) is 4.24. The smallest absolute Gasteiger partial charge is 0.253 e. The van der Waals surface area contributed by atoms with E-state index in [-0.39, 0.29) is 11.8 Å². The highest BCUT2D eigenvalue weighted by Gasteiger charge is 2.25. The van der Waals surface area contributed by atoms with Gasteiger partial charge >= 0.3 is 0 Å². The number of furan rings is 1. The molecule has 154 valence electrons. The first-order chi connectivity index (χ1) is 14.2. The number of rotatable bonds is 5. The summed E-state index contributed by atoms with van der Waals surface area (Å²) in [7, 11) is 0. The number of ether oxygens (including phenoxy) is 1. The van der Waals surface area contributed by atoms with Crippen LogP contribution in [0.15, 0.2) is 47.1 Å². The van der Waals surface area contributed by atoms with Gasteiger partial charge in [0.25, 0.3) is 5.91 Å². The van der Waals surface area contributed by atoms with Crippen molar-refractivity contribution in [2.45, 2.75) is 25.7 Å². The fourth-order valence-electron chi connectivity index (χ4n) is 4.13. The van der Waals surface area contributed by atoms with E-state index in [1.165, 1.54) is 0 Å². The molecule has 0 bridgehead atoms. The monoisotopic (exact) mass is 396 g/mol. The summed E-state index contributed by atoms with van der Waals surface area (Å²) in [5.74, 6) is 1.64. The highest BCUT2D eigenvalue weighted by molar-refractivity contribution is 5.94. The van der Waals surface area contributed by atoms with Gasteiger partial charge in [0.2, 0.25) is 5.91 Å². The molecule has 2 amide bonds. The van der Waals surface area contributed by atoms with E-state index in [4.69, 9.17) is 9.15 Å². The maximum atomic E-state index is 12.8. The van der Waals surface area contributed by atoms with Gasteiger partial charge in [0, 0.05) is 43.7 Å². The Morgan fingerprint density at radius 3 is 2.31 bits per heavy atom. The maximum Gasteiger partial charge on any atom is 0.253 e. The minimum absolute atomic E-state index is 0.0823. The van der Waals surface area contributed by atoms with Crippen LogP contribution in [0.1, 0.15) is 36.0 Å². The number of amides is 2. The Morgan fingerprint density at radius 2 is 1.66 bits per heavy atom. The quantitative estimate of drug-likeness (QED) is 0.777. The molecule has 3 heterocycles. The van der Waals surface area contributed by atoms with Crippen molar-refractivity contribution in [3.63, 3.8) is 0 Å². The molecule has 0 spiro atoms. The van der Waals surface area contributed by atoms with Gasteiger partial charge in [-0.25, -0.2) is 0 Å². The summed E-state index contributed by atoms with van der Waals surface area (Å²) in [5.41, 5.74) is 1.68. The zero-order valence-corrected chi connectivity index (χ0v) is 16.7. The summed E-state index contributed by atoms with van der Waals surface area (Å²) in [4.78, 5) is 29.0. The van der Waals surface area contributed by atoms with E-state index in [0.29, 0.717) is 44.2 Å². The van der Waals surface area contributed by atoms with Crippen LogP contribution in [0, 0.1) is 5.92 Å². The molecule has 29 heavy (non-hydrogen) atoms. The molecule has 1 aromatic carbocycles. The Balaban J connectivity index is 1.23. The van der Waals surface area contributed by atoms with Crippen LogP contribution in [0.3, 0.4) is 0 Å². The standard InChI is InChI=1S/C23H28N2O4/c26-22(24-13-16-28-17-14-24)8-3-18-9-11-25(12-10-18)23(27)20-6-4-19(5-7-20)21-2-1-15-29-21/h1-2,4-7,15,18H,3,8-14,16-17H2. The number of benzene rings is 1. The number of carbonyl (C=O) groups is 2. The number of likely N-dealkylation sites (tertiary alicyclic amines) is 1. The second-order valence-electron chi connectivity index (χ2n) is 7.82. The molecule has 0 unspecified atom stereocenters. The van der Waals surface area contributed by atoms with Crippen molar-refractivity contribution in [3.8, 4) is 11.3 Å². The average molecular weight is 396 g/mol. The third-order valence-corrected chi connectivity index (χ3v) is 5.97. The topological polar surface area (TPSA) is 63.0 Å². The number of hydrogen-bond donors (Lipinski definition) is 0. The fourth-order valence-corrected chi connectivity index (χ4v) is 4.13. The van der Waals surface area contributed by atoms with Gasteiger partial charge in [-0.3, -0.25) is 9.59 Å². The summed E-state index contributed by atoms with van der Waals surface area (Å²) >= 11 is 0. The van der Waals surface area contributed by atoms with Crippen LogP contribution in [0.2, 0.25) is 0 Å². The SMILES string of the molecule is O=C(CCC1CCN(C(=O)c2ccc(-c3ccco3)cc2)CC1)N1CCOCC1. The van der Waals surface area contributed by atoms with Crippen molar-refractivity contribution in [3.05, 3.63) is 48.2 Å². The molecule has 2 aliphatic rings. The van der Waals surface area contributed by atoms with Gasteiger partial charge < -0.3 is 19.0 Å². The zero-order valence-electron chi connectivity index (χ0n) is 16.7. The lowest BCUT2D eigenvalue weighted by molar-refractivity contribution is -0.135. The third-order valence-electron chi connectivity index (χ3n) is 5.97. The van der Waals surface area contributed by atoms with E-state index >= 15 is 0 Å². The largest absolute Gasteiger partial charge is 0.464 e. The van der Waals surface area contributed by atoms with E-state index in [1.807, 2.05) is 46.2 Å². The highest BCUT2D eigenvalue weighted by atomic mass is 16.5. The number of hydrogen-bond acceptors (Lipinski definition) is 4. The lowest BCUT2D eigenvalue weighted by Crippen LogP contribution is -2.41. The van der Waals surface area contributed by atoms with Crippen molar-refractivity contribution < 1.29 is 18.7 Å². The highest BCUT2D eigenvalue weighted by Crippen LogP contribution is 2.25. The van der Waals surface area contributed by atoms with Gasteiger partial charge in [-0.15, -0.1) is 0 Å². The molecular formula is C23H28N2O4. The first-order valence-corrected chi connectivity index (χ1v) is 10.5. The minimum Gasteiger partial charge on any atom is -0.464 e. The van der Waals surface area contributed by atoms with Crippen molar-refractivity contribution in [1.29, 1.82) is 0 Å². The normalized spacial score (nSPS) is 18.1. The van der Waals surface area contributed by atoms with Crippen LogP contribution >= 0.6 is 0 Å². The number of piperidine rings is 1. The van der Waals surface area contributed by atoms with Gasteiger partial charge in [0.1, 0.15) is 5.76 Å². The first kappa shape index (κ1) is 19.7. The Bertz CT molecular complexity index is 802. The molecule has 0 atom stereocenters. The van der Waals surface area contributed by atoms with Crippen LogP contribution < -0.4 is 0 Å². The summed E-state index contributed by atoms with van der Waals surface area (Å²) in [6, 6.07) is 11.4. The van der Waals surface area contributed by atoms with Crippen LogP contribution in [-0.2, 0) is 9.53 Å². The van der Waals surface area contributed by atoms with E-state index < -0.39 is 0 Å². The molecule has 0 saturated carbocycles. The Labute approximate surface area is 171 Å². The van der Waals surface area contributed by atoms with Crippen molar-refractivity contribution in [1.82, 2.24) is 9.80 Å². The Morgan fingerprint density at radius 1 is 0.931 bits per heavy atom. The van der Waals surface area contributed by atoms with E-state index in [1.54, 1.807) is 6.26 Å². The third kappa shape index (κ3) is 4.88. The number of nitrogens with zero attached hydrogens (tertiary/aromatic N) is 2. The Hall–Kier alpha value is -2.60. The predicted molar refractivity (Wildman–Crippen MR) is 109 cm³/mol. The minimum atomic E-state index is 0.0823.